The molecule has 0 saturated carbocycles. The largest absolute Gasteiger partial charge is 0.479 e. The van der Waals surface area contributed by atoms with Crippen LogP contribution in [0.4, 0.5) is 0 Å². The molecule has 22 heteroatoms. The fourth-order valence-electron chi connectivity index (χ4n) is 6.10. The zero-order valence-corrected chi connectivity index (χ0v) is 27.2. The van der Waals surface area contributed by atoms with Crippen LogP contribution in [0.2, 0.25) is 0 Å². The summed E-state index contributed by atoms with van der Waals surface area (Å²) < 4.78 is 43.9. The second-order valence-corrected chi connectivity index (χ2v) is 12.5. The smallest absolute Gasteiger partial charge is 0.335 e. The second kappa shape index (κ2) is 16.6. The van der Waals surface area contributed by atoms with Crippen molar-refractivity contribution < 1.29 is 103 Å². The van der Waals surface area contributed by atoms with Crippen molar-refractivity contribution in [2.75, 3.05) is 6.61 Å². The maximum absolute atomic E-state index is 12.3. The highest BCUT2D eigenvalue weighted by molar-refractivity contribution is 5.74. The lowest BCUT2D eigenvalue weighted by Gasteiger charge is -2.49. The molecule has 0 spiro atoms. The number of amides is 1. The van der Waals surface area contributed by atoms with Crippen molar-refractivity contribution in [3.05, 3.63) is 0 Å². The first-order chi connectivity index (χ1) is 23.4. The molecule has 20 atom stereocenters. The number of carbonyl (C=O) groups excluding carboxylic acids is 2. The Balaban J connectivity index is 1.60. The third kappa shape index (κ3) is 8.52. The van der Waals surface area contributed by atoms with E-state index in [0.29, 0.717) is 0 Å². The van der Waals surface area contributed by atoms with Crippen molar-refractivity contribution in [2.45, 2.75) is 150 Å². The third-order valence-electron chi connectivity index (χ3n) is 8.77. The standard InChI is InChI=1S/C28H45NO21/c1-6-12(33)15(36)17(38)27(44-6)48-21-16(37)18(39)28(49-22(21)24(40)41)47-19-11(29-8(3)31)26(46-10(5-30)14(19)35)50-23-20(45-9(4)32)13(34)7(2)43-25(23)42/h6-7,10-23,25-28,30,33-39,42H,5H2,1-4H3,(H,29,31)(H,40,41)/t6-,7?,10?,11?,12?,13?,14?,15?,16?,17?,18?,19?,20?,21?,22?,23?,25?,26?,27?,28?/m0/s1. The number of aliphatic hydroxyl groups excluding tert-OH is 9. The van der Waals surface area contributed by atoms with Crippen LogP contribution < -0.4 is 5.32 Å². The Morgan fingerprint density at radius 1 is 0.620 bits per heavy atom. The Kier molecular flexibility index (Phi) is 13.5. The van der Waals surface area contributed by atoms with E-state index in [0.717, 1.165) is 13.8 Å². The molecule has 4 heterocycles. The van der Waals surface area contributed by atoms with E-state index in [1.807, 2.05) is 0 Å². The summed E-state index contributed by atoms with van der Waals surface area (Å²) in [5.41, 5.74) is 0. The fraction of sp³-hybridized carbons (Fsp3) is 0.893. The van der Waals surface area contributed by atoms with E-state index in [4.69, 9.17) is 37.9 Å². The van der Waals surface area contributed by atoms with Crippen LogP contribution >= 0.6 is 0 Å². The molecular weight excluding hydrogens is 686 g/mol. The van der Waals surface area contributed by atoms with Gasteiger partial charge in [0.05, 0.1) is 18.8 Å². The Morgan fingerprint density at radius 3 is 1.76 bits per heavy atom. The molecule has 50 heavy (non-hydrogen) atoms. The topological polar surface area (TPSA) is 339 Å². The highest BCUT2D eigenvalue weighted by Gasteiger charge is 2.57. The number of hydrogen-bond acceptors (Lipinski definition) is 20. The molecule has 288 valence electrons. The van der Waals surface area contributed by atoms with Crippen molar-refractivity contribution in [1.82, 2.24) is 5.32 Å². The first-order valence-corrected chi connectivity index (χ1v) is 15.7. The van der Waals surface area contributed by atoms with E-state index in [9.17, 15) is 65.4 Å². The SMILES string of the molecule is CC(=O)NC1C(OC2C(O)OC(C)C(O)C2OC(C)=O)OC(CO)C(O)C1OC1OC(C(=O)O)C(OC2O[C@@H](C)C(O)C(O)C2O)C(O)C1O. The molecule has 4 fully saturated rings. The fourth-order valence-corrected chi connectivity index (χ4v) is 6.10. The predicted octanol–water partition coefficient (Wildman–Crippen LogP) is -6.89. The lowest BCUT2D eigenvalue weighted by Crippen LogP contribution is -2.70. The lowest BCUT2D eigenvalue weighted by atomic mass is 9.94. The number of carboxylic acid groups (broad SMARTS) is 1. The molecule has 0 bridgehead atoms. The first kappa shape index (κ1) is 40.5. The molecule has 22 nitrogen and oxygen atoms in total. The molecule has 19 unspecified atom stereocenters. The second-order valence-electron chi connectivity index (χ2n) is 12.5. The minimum atomic E-state index is -2.18. The van der Waals surface area contributed by atoms with Crippen molar-refractivity contribution in [3.8, 4) is 0 Å². The minimum absolute atomic E-state index is 0.782. The zero-order chi connectivity index (χ0) is 37.4. The van der Waals surface area contributed by atoms with Gasteiger partial charge in [-0.25, -0.2) is 4.79 Å². The van der Waals surface area contributed by atoms with E-state index in [1.165, 1.54) is 13.8 Å². The molecule has 0 radical (unpaired) electrons. The van der Waals surface area contributed by atoms with Gasteiger partial charge in [0.15, 0.2) is 43.5 Å². The van der Waals surface area contributed by atoms with Gasteiger partial charge >= 0.3 is 11.9 Å². The van der Waals surface area contributed by atoms with E-state index < -0.39 is 147 Å². The van der Waals surface area contributed by atoms with Crippen LogP contribution in [0.3, 0.4) is 0 Å². The summed E-state index contributed by atoms with van der Waals surface area (Å²) >= 11 is 0. The molecule has 0 aromatic heterocycles. The molecule has 0 aliphatic carbocycles. The van der Waals surface area contributed by atoms with Gasteiger partial charge < -0.3 is 94.3 Å². The first-order valence-electron chi connectivity index (χ1n) is 15.7. The van der Waals surface area contributed by atoms with Gasteiger partial charge in [-0.2, -0.15) is 0 Å². The summed E-state index contributed by atoms with van der Waals surface area (Å²) in [6, 6.07) is -1.64. The molecular formula is C28H45NO21. The number of carbonyl (C=O) groups is 3. The van der Waals surface area contributed by atoms with Crippen molar-refractivity contribution in [1.29, 1.82) is 0 Å². The summed E-state index contributed by atoms with van der Waals surface area (Å²) in [4.78, 5) is 36.4. The van der Waals surface area contributed by atoms with Gasteiger partial charge in [-0.1, -0.05) is 0 Å². The van der Waals surface area contributed by atoms with Gasteiger partial charge in [0.25, 0.3) is 0 Å². The van der Waals surface area contributed by atoms with Gasteiger partial charge in [0.2, 0.25) is 5.91 Å². The van der Waals surface area contributed by atoms with Gasteiger partial charge in [-0.15, -0.1) is 0 Å². The highest BCUT2D eigenvalue weighted by atomic mass is 16.8. The molecule has 4 aliphatic heterocycles. The summed E-state index contributed by atoms with van der Waals surface area (Å²) in [5, 5.41) is 107. The van der Waals surface area contributed by atoms with Crippen LogP contribution in [0, 0.1) is 0 Å². The van der Waals surface area contributed by atoms with Crippen molar-refractivity contribution in [3.63, 3.8) is 0 Å². The molecule has 0 aromatic rings. The van der Waals surface area contributed by atoms with Crippen LogP contribution in [-0.4, -0.2) is 198 Å². The number of hydrogen-bond donors (Lipinski definition) is 11. The molecule has 0 aromatic carbocycles. The van der Waals surface area contributed by atoms with E-state index in [1.54, 1.807) is 0 Å². The van der Waals surface area contributed by atoms with Crippen molar-refractivity contribution >= 4 is 17.8 Å². The normalized spacial score (nSPS) is 48.4. The molecule has 1 amide bonds. The summed E-state index contributed by atoms with van der Waals surface area (Å²) in [6.45, 7) is 3.85. The minimum Gasteiger partial charge on any atom is -0.479 e. The Labute approximate surface area is 283 Å². The molecule has 4 saturated heterocycles. The Bertz CT molecular complexity index is 1180. The summed E-state index contributed by atoms with van der Waals surface area (Å²) in [7, 11) is 0. The average molecular weight is 732 g/mol. The van der Waals surface area contributed by atoms with Gasteiger partial charge in [0, 0.05) is 13.8 Å². The Hall–Kier alpha value is -2.23. The third-order valence-corrected chi connectivity index (χ3v) is 8.77. The van der Waals surface area contributed by atoms with E-state index in [2.05, 4.69) is 5.32 Å². The zero-order valence-electron chi connectivity index (χ0n) is 27.2. The Morgan fingerprint density at radius 2 is 1.18 bits per heavy atom. The van der Waals surface area contributed by atoms with Crippen LogP contribution in [-0.2, 0) is 52.3 Å². The number of rotatable bonds is 10. The molecule has 11 N–H and O–H groups in total. The van der Waals surface area contributed by atoms with Crippen molar-refractivity contribution in [2.24, 2.45) is 0 Å². The number of esters is 1. The maximum Gasteiger partial charge on any atom is 0.335 e. The van der Waals surface area contributed by atoms with Gasteiger partial charge in [-0.05, 0) is 13.8 Å². The number of carboxylic acids is 1. The summed E-state index contributed by atoms with van der Waals surface area (Å²) in [6.07, 6.45) is -33.6. The van der Waals surface area contributed by atoms with Gasteiger partial charge in [0.1, 0.15) is 67.1 Å². The lowest BCUT2D eigenvalue weighted by molar-refractivity contribution is -0.375. The monoisotopic (exact) mass is 731 g/mol. The maximum atomic E-state index is 12.3. The van der Waals surface area contributed by atoms with E-state index in [-0.39, 0.29) is 0 Å². The molecule has 4 aliphatic rings. The number of nitrogens with one attached hydrogen (secondary N) is 1. The number of ether oxygens (including phenoxy) is 8. The van der Waals surface area contributed by atoms with Crippen LogP contribution in [0.5, 0.6) is 0 Å². The van der Waals surface area contributed by atoms with Crippen LogP contribution in [0.15, 0.2) is 0 Å². The predicted molar refractivity (Wildman–Crippen MR) is 153 cm³/mol. The van der Waals surface area contributed by atoms with Crippen LogP contribution in [0.25, 0.3) is 0 Å². The highest BCUT2D eigenvalue weighted by Crippen LogP contribution is 2.34. The number of aliphatic hydroxyl groups is 9. The quantitative estimate of drug-likeness (QED) is 0.0930. The average Bonchev–Trinajstić information content (AvgIpc) is 3.04. The summed E-state index contributed by atoms with van der Waals surface area (Å²) in [5.74, 6) is -3.43. The number of aliphatic carboxylic acids is 1. The van der Waals surface area contributed by atoms with Gasteiger partial charge in [-0.3, -0.25) is 9.59 Å². The van der Waals surface area contributed by atoms with E-state index >= 15 is 0 Å². The van der Waals surface area contributed by atoms with Crippen LogP contribution in [0.1, 0.15) is 27.7 Å². The molecule has 4 rings (SSSR count).